The summed E-state index contributed by atoms with van der Waals surface area (Å²) in [5.41, 5.74) is 7.73. The molecule has 288 valence electrons. The Kier molecular flexibility index (Phi) is 7.95. The van der Waals surface area contributed by atoms with Crippen molar-refractivity contribution >= 4 is 95.3 Å². The summed E-state index contributed by atoms with van der Waals surface area (Å²) in [4.78, 5) is 15.3. The van der Waals surface area contributed by atoms with Crippen LogP contribution in [0.1, 0.15) is 0 Å². The second-order valence-corrected chi connectivity index (χ2v) is 18.1. The van der Waals surface area contributed by atoms with Crippen molar-refractivity contribution in [3.8, 4) is 56.4 Å². The summed E-state index contributed by atoms with van der Waals surface area (Å²) >= 11 is 3.62. The van der Waals surface area contributed by atoms with Crippen LogP contribution in [0.15, 0.2) is 200 Å². The van der Waals surface area contributed by atoms with Gasteiger partial charge in [-0.25, -0.2) is 15.0 Å². The maximum absolute atomic E-state index is 5.14. The summed E-state index contributed by atoms with van der Waals surface area (Å²) in [5.74, 6) is 2.00. The predicted molar refractivity (Wildman–Crippen MR) is 265 cm³/mol. The van der Waals surface area contributed by atoms with Crippen LogP contribution in [0, 0.1) is 0 Å². The van der Waals surface area contributed by atoms with Crippen LogP contribution in [0.5, 0.6) is 0 Å². The first-order valence-electron chi connectivity index (χ1n) is 20.8. The third-order valence-corrected chi connectivity index (χ3v) is 14.6. The lowest BCUT2D eigenvalue weighted by atomic mass is 9.91. The number of hydrogen-bond donors (Lipinski definition) is 0. The zero-order valence-electron chi connectivity index (χ0n) is 33.2. The van der Waals surface area contributed by atoms with Crippen LogP contribution in [-0.4, -0.2) is 15.0 Å². The molecule has 0 saturated heterocycles. The lowest BCUT2D eigenvalue weighted by Gasteiger charge is -2.12. The second kappa shape index (κ2) is 14.0. The molecule has 62 heavy (non-hydrogen) atoms. The third-order valence-electron chi connectivity index (χ3n) is 12.3. The van der Waals surface area contributed by atoms with Gasteiger partial charge in [-0.05, 0) is 97.0 Å². The summed E-state index contributed by atoms with van der Waals surface area (Å²) in [5, 5.41) is 12.8. The van der Waals surface area contributed by atoms with E-state index in [4.69, 9.17) is 15.0 Å². The van der Waals surface area contributed by atoms with Gasteiger partial charge in [0.05, 0.1) is 0 Å². The first-order chi connectivity index (χ1) is 30.7. The average molecular weight is 824 g/mol. The molecule has 13 rings (SSSR count). The van der Waals surface area contributed by atoms with Crippen LogP contribution >= 0.6 is 22.7 Å². The zero-order valence-corrected chi connectivity index (χ0v) is 34.8. The van der Waals surface area contributed by atoms with Gasteiger partial charge in [-0.3, -0.25) is 0 Å². The van der Waals surface area contributed by atoms with Crippen LogP contribution in [0.4, 0.5) is 0 Å². The maximum Gasteiger partial charge on any atom is 0.164 e. The first kappa shape index (κ1) is 35.2. The van der Waals surface area contributed by atoms with Crippen molar-refractivity contribution in [1.82, 2.24) is 15.0 Å². The van der Waals surface area contributed by atoms with Gasteiger partial charge < -0.3 is 0 Å². The Morgan fingerprint density at radius 2 is 0.597 bits per heavy atom. The predicted octanol–water partition coefficient (Wildman–Crippen LogP) is 16.4. The van der Waals surface area contributed by atoms with Gasteiger partial charge in [0.1, 0.15) is 0 Å². The lowest BCUT2D eigenvalue weighted by Crippen LogP contribution is -2.00. The highest BCUT2D eigenvalue weighted by molar-refractivity contribution is 7.26. The molecule has 0 spiro atoms. The van der Waals surface area contributed by atoms with Crippen molar-refractivity contribution < 1.29 is 0 Å². The van der Waals surface area contributed by atoms with E-state index in [9.17, 15) is 0 Å². The Morgan fingerprint density at radius 1 is 0.210 bits per heavy atom. The molecule has 3 nitrogen and oxygen atoms in total. The Hall–Kier alpha value is -7.57. The number of fused-ring (bicyclic) bond motifs is 12. The van der Waals surface area contributed by atoms with Gasteiger partial charge in [0.15, 0.2) is 17.5 Å². The molecule has 0 fully saturated rings. The highest BCUT2D eigenvalue weighted by Crippen LogP contribution is 2.41. The largest absolute Gasteiger partial charge is 0.208 e. The van der Waals surface area contributed by atoms with E-state index in [0.29, 0.717) is 17.5 Å². The van der Waals surface area contributed by atoms with Gasteiger partial charge >= 0.3 is 0 Å². The molecule has 0 N–H and O–H groups in total. The molecule has 13 aromatic rings. The van der Waals surface area contributed by atoms with E-state index >= 15 is 0 Å². The average Bonchev–Trinajstić information content (AvgIpc) is 3.91. The third kappa shape index (κ3) is 5.74. The Labute approximate surface area is 364 Å². The standard InChI is InChI=1S/C57H33N3S2/c1-2-11-34(12-3-1)55-58-56(39-22-26-47-46-19-8-9-20-51(46)61-53(47)32-39)60-57(59-55)40-23-27-48-50-31-38(24-28-52(50)62-54(48)33-40)36-14-10-13-35(29-36)37-21-25-45-43-17-5-4-15-41(43)42-16-6-7-18-44(42)49(45)30-37/h1-33H. The summed E-state index contributed by atoms with van der Waals surface area (Å²) in [7, 11) is 0. The molecule has 3 heterocycles. The van der Waals surface area contributed by atoms with Crippen molar-refractivity contribution in [3.63, 3.8) is 0 Å². The van der Waals surface area contributed by atoms with Crippen LogP contribution in [-0.2, 0) is 0 Å². The molecule has 0 aliphatic carbocycles. The maximum atomic E-state index is 5.14. The Bertz CT molecular complexity index is 3900. The fourth-order valence-electron chi connectivity index (χ4n) is 9.28. The van der Waals surface area contributed by atoms with Crippen molar-refractivity contribution in [2.24, 2.45) is 0 Å². The first-order valence-corrected chi connectivity index (χ1v) is 22.5. The minimum absolute atomic E-state index is 0.663. The van der Waals surface area contributed by atoms with Crippen LogP contribution in [0.25, 0.3) is 129 Å². The molecule has 0 saturated carbocycles. The smallest absolute Gasteiger partial charge is 0.164 e. The van der Waals surface area contributed by atoms with Crippen LogP contribution in [0.2, 0.25) is 0 Å². The molecule has 0 aliphatic rings. The van der Waals surface area contributed by atoms with E-state index in [1.165, 1.54) is 94.9 Å². The molecular formula is C57H33N3S2. The van der Waals surface area contributed by atoms with Crippen LogP contribution < -0.4 is 0 Å². The minimum Gasteiger partial charge on any atom is -0.208 e. The van der Waals surface area contributed by atoms with Gasteiger partial charge in [-0.2, -0.15) is 0 Å². The van der Waals surface area contributed by atoms with Crippen molar-refractivity contribution in [2.45, 2.75) is 0 Å². The number of benzene rings is 10. The molecular weight excluding hydrogens is 791 g/mol. The fourth-order valence-corrected chi connectivity index (χ4v) is 11.5. The second-order valence-electron chi connectivity index (χ2n) is 15.9. The molecule has 0 bridgehead atoms. The fraction of sp³-hybridized carbons (Fsp3) is 0. The topological polar surface area (TPSA) is 38.7 Å². The summed E-state index contributed by atoms with van der Waals surface area (Å²) in [6.45, 7) is 0. The molecule has 3 aromatic heterocycles. The van der Waals surface area contributed by atoms with Crippen molar-refractivity contribution in [3.05, 3.63) is 200 Å². The minimum atomic E-state index is 0.663. The highest BCUT2D eigenvalue weighted by atomic mass is 32.1. The molecule has 0 radical (unpaired) electrons. The summed E-state index contributed by atoms with van der Waals surface area (Å²) in [6, 6.07) is 72.4. The number of rotatable bonds is 5. The number of hydrogen-bond acceptors (Lipinski definition) is 5. The molecule has 5 heteroatoms. The highest BCUT2D eigenvalue weighted by Gasteiger charge is 2.17. The van der Waals surface area contributed by atoms with E-state index in [1.807, 2.05) is 29.5 Å². The quantitative estimate of drug-likeness (QED) is 0.162. The zero-order chi connectivity index (χ0) is 40.7. The van der Waals surface area contributed by atoms with E-state index in [0.717, 1.165) is 16.7 Å². The number of aromatic nitrogens is 3. The number of thiophene rings is 2. The van der Waals surface area contributed by atoms with Crippen molar-refractivity contribution in [2.75, 3.05) is 0 Å². The van der Waals surface area contributed by atoms with Gasteiger partial charge in [0.25, 0.3) is 0 Å². The SMILES string of the molecule is c1ccc(-c2nc(-c3ccc4c(c3)sc3ccccc34)nc(-c3ccc4c(c3)sc3ccc(-c5cccc(-c6ccc7c8ccccc8c8ccccc8c7c6)c5)cc34)n2)cc1. The summed E-state index contributed by atoms with van der Waals surface area (Å²) < 4.78 is 4.96. The van der Waals surface area contributed by atoms with Gasteiger partial charge in [-0.15, -0.1) is 22.7 Å². The molecule has 0 unspecified atom stereocenters. The van der Waals surface area contributed by atoms with E-state index in [-0.39, 0.29) is 0 Å². The normalized spacial score (nSPS) is 11.9. The molecule has 0 amide bonds. The van der Waals surface area contributed by atoms with Gasteiger partial charge in [0, 0.05) is 57.0 Å². The molecule has 0 aliphatic heterocycles. The van der Waals surface area contributed by atoms with Gasteiger partial charge in [-0.1, -0.05) is 158 Å². The van der Waals surface area contributed by atoms with Gasteiger partial charge in [0.2, 0.25) is 0 Å². The van der Waals surface area contributed by atoms with Crippen LogP contribution in [0.3, 0.4) is 0 Å². The Morgan fingerprint density at radius 3 is 1.23 bits per heavy atom. The lowest BCUT2D eigenvalue weighted by molar-refractivity contribution is 1.08. The van der Waals surface area contributed by atoms with Crippen molar-refractivity contribution in [1.29, 1.82) is 0 Å². The Balaban J connectivity index is 0.881. The molecule has 0 atom stereocenters. The number of nitrogens with zero attached hydrogens (tertiary/aromatic N) is 3. The van der Waals surface area contributed by atoms with E-state index < -0.39 is 0 Å². The van der Waals surface area contributed by atoms with E-state index in [1.54, 1.807) is 11.3 Å². The van der Waals surface area contributed by atoms with E-state index in [2.05, 4.69) is 182 Å². The monoisotopic (exact) mass is 823 g/mol. The molecule has 10 aromatic carbocycles. The summed E-state index contributed by atoms with van der Waals surface area (Å²) in [6.07, 6.45) is 0.